The molecule has 2 aromatic carbocycles. The van der Waals surface area contributed by atoms with Gasteiger partial charge in [0.2, 0.25) is 0 Å². The molecule has 0 unspecified atom stereocenters. The quantitative estimate of drug-likeness (QED) is 0.713. The molecule has 2 aromatic rings. The molecule has 0 atom stereocenters. The smallest absolute Gasteiger partial charge is 0.142 e. The van der Waals surface area contributed by atoms with Crippen molar-refractivity contribution >= 4 is 5.69 Å². The van der Waals surface area contributed by atoms with Crippen molar-refractivity contribution in [2.75, 3.05) is 64.4 Å². The topological polar surface area (TPSA) is 19.0 Å². The second kappa shape index (κ2) is 10.1. The molecule has 0 bridgehead atoms. The first-order valence-electron chi connectivity index (χ1n) is 11.2. The fourth-order valence-corrected chi connectivity index (χ4v) is 4.75. The van der Waals surface area contributed by atoms with Gasteiger partial charge in [0.25, 0.3) is 0 Å². The molecule has 0 saturated carbocycles. The number of piperazine rings is 1. The fourth-order valence-electron chi connectivity index (χ4n) is 4.75. The largest absolute Gasteiger partial charge is 0.495 e. The van der Waals surface area contributed by atoms with Crippen LogP contribution < -0.4 is 9.64 Å². The van der Waals surface area contributed by atoms with Crippen molar-refractivity contribution in [2.24, 2.45) is 5.92 Å². The third-order valence-corrected chi connectivity index (χ3v) is 6.60. The number of ether oxygens (including phenoxy) is 1. The maximum absolute atomic E-state index is 5.54. The minimum Gasteiger partial charge on any atom is -0.495 e. The maximum Gasteiger partial charge on any atom is 0.142 e. The lowest BCUT2D eigenvalue weighted by Gasteiger charge is -2.38. The summed E-state index contributed by atoms with van der Waals surface area (Å²) in [5.41, 5.74) is 2.73. The third-order valence-electron chi connectivity index (χ3n) is 6.60. The van der Waals surface area contributed by atoms with Gasteiger partial charge in [-0.15, -0.1) is 0 Å². The molecule has 156 valence electrons. The minimum absolute atomic E-state index is 0.859. The zero-order chi connectivity index (χ0) is 19.9. The second-order valence-electron chi connectivity index (χ2n) is 8.48. The van der Waals surface area contributed by atoms with Crippen molar-refractivity contribution in [3.05, 3.63) is 60.2 Å². The molecule has 2 aliphatic rings. The lowest BCUT2D eigenvalue weighted by molar-refractivity contribution is 0.152. The van der Waals surface area contributed by atoms with Crippen LogP contribution in [0.1, 0.15) is 18.4 Å². The molecule has 2 fully saturated rings. The van der Waals surface area contributed by atoms with Gasteiger partial charge < -0.3 is 14.5 Å². The summed E-state index contributed by atoms with van der Waals surface area (Å²) >= 11 is 0. The van der Waals surface area contributed by atoms with Crippen LogP contribution in [0.3, 0.4) is 0 Å². The summed E-state index contributed by atoms with van der Waals surface area (Å²) < 4.78 is 5.54. The minimum atomic E-state index is 0.859. The van der Waals surface area contributed by atoms with E-state index >= 15 is 0 Å². The highest BCUT2D eigenvalue weighted by Crippen LogP contribution is 2.28. The van der Waals surface area contributed by atoms with Crippen LogP contribution in [0.25, 0.3) is 0 Å². The molecule has 2 saturated heterocycles. The summed E-state index contributed by atoms with van der Waals surface area (Å²) in [4.78, 5) is 7.76. The van der Waals surface area contributed by atoms with E-state index in [1.54, 1.807) is 7.11 Å². The number of benzene rings is 2. The van der Waals surface area contributed by atoms with E-state index < -0.39 is 0 Å². The van der Waals surface area contributed by atoms with Crippen LogP contribution in [0, 0.1) is 5.92 Å². The van der Waals surface area contributed by atoms with Crippen molar-refractivity contribution in [3.63, 3.8) is 0 Å². The SMILES string of the molecule is COc1ccccc1N1CCN(CCN2CCC(Cc3ccccc3)CC2)CC1. The number of hydrogen-bond acceptors (Lipinski definition) is 4. The van der Waals surface area contributed by atoms with Crippen LogP contribution in [0.4, 0.5) is 5.69 Å². The molecular weight excluding hydrogens is 358 g/mol. The Morgan fingerprint density at radius 3 is 2.07 bits per heavy atom. The summed E-state index contributed by atoms with van der Waals surface area (Å²) in [5.74, 6) is 1.84. The summed E-state index contributed by atoms with van der Waals surface area (Å²) in [6.45, 7) is 9.39. The van der Waals surface area contributed by atoms with E-state index in [4.69, 9.17) is 4.74 Å². The standard InChI is InChI=1S/C25H35N3O/c1-29-25-10-6-5-9-24(25)28-19-17-27(18-20-28)16-15-26-13-11-23(12-14-26)21-22-7-3-2-4-8-22/h2-10,23H,11-21H2,1H3. The van der Waals surface area contributed by atoms with E-state index in [0.717, 1.165) is 37.8 Å². The molecule has 0 radical (unpaired) electrons. The molecular formula is C25H35N3O. The number of nitrogens with zero attached hydrogens (tertiary/aromatic N) is 3. The highest BCUT2D eigenvalue weighted by Gasteiger charge is 2.22. The monoisotopic (exact) mass is 393 g/mol. The predicted octanol–water partition coefficient (Wildman–Crippen LogP) is 3.77. The summed E-state index contributed by atoms with van der Waals surface area (Å²) in [5, 5.41) is 0. The summed E-state index contributed by atoms with van der Waals surface area (Å²) in [7, 11) is 1.76. The predicted molar refractivity (Wildman–Crippen MR) is 121 cm³/mol. The fraction of sp³-hybridized carbons (Fsp3) is 0.520. The zero-order valence-electron chi connectivity index (χ0n) is 17.8. The Balaban J connectivity index is 1.16. The Hall–Kier alpha value is -2.04. The molecule has 2 aliphatic heterocycles. The van der Waals surface area contributed by atoms with Gasteiger partial charge in [-0.2, -0.15) is 0 Å². The van der Waals surface area contributed by atoms with Gasteiger partial charge in [0.1, 0.15) is 5.75 Å². The van der Waals surface area contributed by atoms with Crippen LogP contribution in [-0.4, -0.2) is 69.3 Å². The molecule has 0 amide bonds. The number of anilines is 1. The Labute approximate surface area is 176 Å². The van der Waals surface area contributed by atoms with Crippen molar-refractivity contribution in [1.29, 1.82) is 0 Å². The van der Waals surface area contributed by atoms with Gasteiger partial charge in [0.15, 0.2) is 0 Å². The number of hydrogen-bond donors (Lipinski definition) is 0. The summed E-state index contributed by atoms with van der Waals surface area (Å²) in [6.07, 6.45) is 3.94. The molecule has 0 N–H and O–H groups in total. The molecule has 2 heterocycles. The van der Waals surface area contributed by atoms with Crippen molar-refractivity contribution in [3.8, 4) is 5.75 Å². The molecule has 4 heteroatoms. The first-order valence-corrected chi connectivity index (χ1v) is 11.2. The van der Waals surface area contributed by atoms with Gasteiger partial charge in [0, 0.05) is 39.3 Å². The average molecular weight is 394 g/mol. The normalized spacial score (nSPS) is 19.4. The Bertz CT molecular complexity index is 735. The second-order valence-corrected chi connectivity index (χ2v) is 8.48. The highest BCUT2D eigenvalue weighted by atomic mass is 16.5. The van der Waals surface area contributed by atoms with Gasteiger partial charge in [-0.3, -0.25) is 4.90 Å². The van der Waals surface area contributed by atoms with Crippen LogP contribution in [0.15, 0.2) is 54.6 Å². The lowest BCUT2D eigenvalue weighted by Crippen LogP contribution is -2.49. The van der Waals surface area contributed by atoms with E-state index in [0.29, 0.717) is 0 Å². The molecule has 4 rings (SSSR count). The van der Waals surface area contributed by atoms with Crippen LogP contribution in [0.2, 0.25) is 0 Å². The first kappa shape index (κ1) is 20.2. The third kappa shape index (κ3) is 5.52. The van der Waals surface area contributed by atoms with E-state index in [2.05, 4.69) is 63.2 Å². The van der Waals surface area contributed by atoms with E-state index in [-0.39, 0.29) is 0 Å². The van der Waals surface area contributed by atoms with Gasteiger partial charge in [-0.1, -0.05) is 42.5 Å². The van der Waals surface area contributed by atoms with Crippen LogP contribution in [0.5, 0.6) is 5.75 Å². The Kier molecular flexibility index (Phi) is 7.07. The van der Waals surface area contributed by atoms with Crippen molar-refractivity contribution < 1.29 is 4.74 Å². The molecule has 0 aromatic heterocycles. The van der Waals surface area contributed by atoms with Crippen LogP contribution >= 0.6 is 0 Å². The lowest BCUT2D eigenvalue weighted by atomic mass is 9.90. The molecule has 29 heavy (non-hydrogen) atoms. The van der Waals surface area contributed by atoms with E-state index in [1.165, 1.54) is 56.7 Å². The zero-order valence-corrected chi connectivity index (χ0v) is 17.8. The van der Waals surface area contributed by atoms with Gasteiger partial charge in [-0.05, 0) is 56.0 Å². The van der Waals surface area contributed by atoms with E-state index in [9.17, 15) is 0 Å². The van der Waals surface area contributed by atoms with Crippen molar-refractivity contribution in [2.45, 2.75) is 19.3 Å². The number of methoxy groups -OCH3 is 1. The Morgan fingerprint density at radius 2 is 1.38 bits per heavy atom. The molecule has 0 spiro atoms. The average Bonchev–Trinajstić information content (AvgIpc) is 2.80. The van der Waals surface area contributed by atoms with Gasteiger partial charge in [-0.25, -0.2) is 0 Å². The number of piperidine rings is 1. The number of rotatable bonds is 7. The number of para-hydroxylation sites is 2. The first-order chi connectivity index (χ1) is 14.3. The summed E-state index contributed by atoms with van der Waals surface area (Å²) in [6, 6.07) is 19.4. The molecule has 0 aliphatic carbocycles. The maximum atomic E-state index is 5.54. The van der Waals surface area contributed by atoms with Gasteiger partial charge in [0.05, 0.1) is 12.8 Å². The number of likely N-dealkylation sites (tertiary alicyclic amines) is 1. The van der Waals surface area contributed by atoms with Crippen LogP contribution in [-0.2, 0) is 6.42 Å². The van der Waals surface area contributed by atoms with Crippen molar-refractivity contribution in [1.82, 2.24) is 9.80 Å². The van der Waals surface area contributed by atoms with Gasteiger partial charge >= 0.3 is 0 Å². The molecule has 4 nitrogen and oxygen atoms in total. The van der Waals surface area contributed by atoms with E-state index in [1.807, 2.05) is 6.07 Å². The highest BCUT2D eigenvalue weighted by molar-refractivity contribution is 5.58. The Morgan fingerprint density at radius 1 is 0.759 bits per heavy atom.